The number of carbonyl (C=O) groups is 2. The highest BCUT2D eigenvalue weighted by molar-refractivity contribution is 5.97. The Morgan fingerprint density at radius 2 is 1.82 bits per heavy atom. The summed E-state index contributed by atoms with van der Waals surface area (Å²) in [5.74, 6) is -0.0676. The van der Waals surface area contributed by atoms with Gasteiger partial charge in [-0.25, -0.2) is 19.2 Å². The number of halogens is 1. The molecular weight excluding hydrogens is 563 g/mol. The fourth-order valence-corrected chi connectivity index (χ4v) is 5.89. The van der Waals surface area contributed by atoms with Gasteiger partial charge in [0, 0.05) is 41.3 Å². The third-order valence-electron chi connectivity index (χ3n) is 8.61. The van der Waals surface area contributed by atoms with Crippen molar-refractivity contribution < 1.29 is 28.6 Å². The number of ketones is 1. The summed E-state index contributed by atoms with van der Waals surface area (Å²) < 4.78 is 28.3. The Kier molecular flexibility index (Phi) is 8.72. The number of carboxylic acids is 1. The van der Waals surface area contributed by atoms with Gasteiger partial charge in [0.15, 0.2) is 5.78 Å². The first kappa shape index (κ1) is 29.9. The number of aromatic carboxylic acids is 1. The summed E-state index contributed by atoms with van der Waals surface area (Å²) in [6, 6.07) is 15.3. The average Bonchev–Trinajstić information content (AvgIpc) is 3.34. The number of Topliss-reactive ketones (excluding diaryl/α,β-unsaturated/α-hetero) is 1. The molecule has 2 aromatic heterocycles. The van der Waals surface area contributed by atoms with E-state index in [0.717, 1.165) is 61.5 Å². The molecular formula is C34H37FN4O5. The summed E-state index contributed by atoms with van der Waals surface area (Å²) in [4.78, 5) is 35.8. The van der Waals surface area contributed by atoms with Gasteiger partial charge in [-0.05, 0) is 62.7 Å². The minimum atomic E-state index is -0.952. The van der Waals surface area contributed by atoms with E-state index < -0.39 is 11.8 Å². The lowest BCUT2D eigenvalue weighted by atomic mass is 9.93. The van der Waals surface area contributed by atoms with Gasteiger partial charge in [0.1, 0.15) is 18.2 Å². The second-order valence-electron chi connectivity index (χ2n) is 12.0. The van der Waals surface area contributed by atoms with Crippen molar-refractivity contribution in [3.05, 3.63) is 88.6 Å². The molecule has 1 N–H and O–H groups in total. The molecule has 0 amide bonds. The molecule has 1 atom stereocenters. The number of piperidine rings is 1. The fraction of sp³-hybridized carbons (Fsp3) is 0.412. The molecule has 4 heterocycles. The van der Waals surface area contributed by atoms with Crippen LogP contribution in [0.4, 0.5) is 4.39 Å². The molecule has 2 aromatic carbocycles. The molecule has 2 saturated heterocycles. The van der Waals surface area contributed by atoms with Gasteiger partial charge < -0.3 is 19.1 Å². The zero-order valence-electron chi connectivity index (χ0n) is 25.0. The molecule has 0 radical (unpaired) electrons. The quantitative estimate of drug-likeness (QED) is 0.214. The number of benzene rings is 2. The SMILES string of the molecule is CC(C)C(=O)c1ccc(COc2cccc(C3CCN(Cc4nc5ccc(C(=O)O)cc5n4C[C@@H]4CCO4)CC3)n2)c(F)c1. The summed E-state index contributed by atoms with van der Waals surface area (Å²) in [5, 5.41) is 9.51. The first-order chi connectivity index (χ1) is 21.2. The number of ether oxygens (including phenoxy) is 2. The maximum absolute atomic E-state index is 14.7. The van der Waals surface area contributed by atoms with Gasteiger partial charge >= 0.3 is 5.97 Å². The van der Waals surface area contributed by atoms with E-state index in [1.165, 1.54) is 6.07 Å². The average molecular weight is 601 g/mol. The molecule has 0 aliphatic carbocycles. The number of hydrogen-bond acceptors (Lipinski definition) is 7. The van der Waals surface area contributed by atoms with E-state index in [2.05, 4.69) is 9.47 Å². The second-order valence-corrected chi connectivity index (χ2v) is 12.0. The molecule has 0 bridgehead atoms. The van der Waals surface area contributed by atoms with E-state index in [-0.39, 0.29) is 35.9 Å². The smallest absolute Gasteiger partial charge is 0.335 e. The molecule has 2 aliphatic rings. The standard InChI is InChI=1S/C34H37FN4O5/c1-21(2)33(40)23-6-7-25(27(35)16-23)20-44-32-5-3-4-28(37-32)22-10-13-38(14-11-22)19-31-36-29-9-8-24(34(41)42)17-30(29)39(31)18-26-12-15-43-26/h3-9,16-17,21-22,26H,10-15,18-20H2,1-2H3,(H,41,42)/t26-/m0/s1. The van der Waals surface area contributed by atoms with Crippen LogP contribution in [0.5, 0.6) is 5.88 Å². The van der Waals surface area contributed by atoms with Crippen LogP contribution < -0.4 is 4.74 Å². The number of carbonyl (C=O) groups excluding carboxylic acids is 1. The number of rotatable bonds is 11. The summed E-state index contributed by atoms with van der Waals surface area (Å²) in [6.45, 7) is 7.43. The first-order valence-corrected chi connectivity index (χ1v) is 15.2. The normalized spacial score (nSPS) is 17.6. The van der Waals surface area contributed by atoms with Crippen molar-refractivity contribution in [1.82, 2.24) is 19.4 Å². The van der Waals surface area contributed by atoms with Crippen LogP contribution in [0.1, 0.15) is 76.8 Å². The van der Waals surface area contributed by atoms with Crippen LogP contribution >= 0.6 is 0 Å². The van der Waals surface area contributed by atoms with Gasteiger partial charge in [0.2, 0.25) is 5.88 Å². The van der Waals surface area contributed by atoms with Crippen molar-refractivity contribution in [2.45, 2.75) is 64.8 Å². The van der Waals surface area contributed by atoms with Crippen molar-refractivity contribution in [2.24, 2.45) is 5.92 Å². The van der Waals surface area contributed by atoms with Gasteiger partial charge in [0.05, 0.1) is 35.8 Å². The molecule has 230 valence electrons. The summed E-state index contributed by atoms with van der Waals surface area (Å²) in [7, 11) is 0. The maximum atomic E-state index is 14.7. The van der Waals surface area contributed by atoms with E-state index in [9.17, 15) is 19.1 Å². The molecule has 44 heavy (non-hydrogen) atoms. The monoisotopic (exact) mass is 600 g/mol. The number of aromatic nitrogens is 3. The van der Waals surface area contributed by atoms with E-state index >= 15 is 0 Å². The lowest BCUT2D eigenvalue weighted by Gasteiger charge is -2.32. The molecule has 0 saturated carbocycles. The van der Waals surface area contributed by atoms with Crippen LogP contribution in [0.2, 0.25) is 0 Å². The van der Waals surface area contributed by atoms with Crippen molar-refractivity contribution in [3.63, 3.8) is 0 Å². The van der Waals surface area contributed by atoms with E-state index in [1.807, 2.05) is 12.1 Å². The fourth-order valence-electron chi connectivity index (χ4n) is 5.89. The van der Waals surface area contributed by atoms with Crippen LogP contribution in [-0.2, 0) is 24.4 Å². The van der Waals surface area contributed by atoms with Crippen LogP contribution in [0.15, 0.2) is 54.6 Å². The minimum Gasteiger partial charge on any atom is -0.478 e. The molecule has 0 unspecified atom stereocenters. The van der Waals surface area contributed by atoms with Gasteiger partial charge in [0.25, 0.3) is 0 Å². The van der Waals surface area contributed by atoms with Gasteiger partial charge in [-0.1, -0.05) is 32.0 Å². The van der Waals surface area contributed by atoms with Gasteiger partial charge in [-0.3, -0.25) is 9.69 Å². The molecule has 9 nitrogen and oxygen atoms in total. The Labute approximate surface area is 255 Å². The number of fused-ring (bicyclic) bond motifs is 1. The second kappa shape index (κ2) is 12.8. The summed E-state index contributed by atoms with van der Waals surface area (Å²) >= 11 is 0. The van der Waals surface area contributed by atoms with Crippen LogP contribution in [-0.4, -0.2) is 62.1 Å². The zero-order valence-corrected chi connectivity index (χ0v) is 25.0. The van der Waals surface area contributed by atoms with Crippen LogP contribution in [0, 0.1) is 11.7 Å². The Bertz CT molecular complexity index is 1670. The predicted octanol–water partition coefficient (Wildman–Crippen LogP) is 5.85. The lowest BCUT2D eigenvalue weighted by molar-refractivity contribution is -0.0592. The molecule has 2 fully saturated rings. The number of likely N-dealkylation sites (tertiary alicyclic amines) is 1. The predicted molar refractivity (Wildman–Crippen MR) is 162 cm³/mol. The van der Waals surface area contributed by atoms with Gasteiger partial charge in [-0.2, -0.15) is 0 Å². The third-order valence-corrected chi connectivity index (χ3v) is 8.61. The third kappa shape index (κ3) is 6.51. The van der Waals surface area contributed by atoms with Crippen molar-refractivity contribution >= 4 is 22.8 Å². The van der Waals surface area contributed by atoms with Crippen molar-refractivity contribution in [2.75, 3.05) is 19.7 Å². The van der Waals surface area contributed by atoms with E-state index in [0.29, 0.717) is 30.1 Å². The Balaban J connectivity index is 1.08. The van der Waals surface area contributed by atoms with Crippen LogP contribution in [0.3, 0.4) is 0 Å². The van der Waals surface area contributed by atoms with Crippen molar-refractivity contribution in [3.8, 4) is 5.88 Å². The van der Waals surface area contributed by atoms with E-state index in [1.54, 1.807) is 50.2 Å². The summed E-state index contributed by atoms with van der Waals surface area (Å²) in [6.07, 6.45) is 2.95. The Morgan fingerprint density at radius 3 is 2.50 bits per heavy atom. The topological polar surface area (TPSA) is 107 Å². The largest absolute Gasteiger partial charge is 0.478 e. The van der Waals surface area contributed by atoms with E-state index in [4.69, 9.17) is 19.4 Å². The van der Waals surface area contributed by atoms with Crippen molar-refractivity contribution in [1.29, 1.82) is 0 Å². The lowest BCUT2D eigenvalue weighted by Crippen LogP contribution is -2.35. The number of carboxylic acid groups (broad SMARTS) is 1. The molecule has 4 aromatic rings. The molecule has 2 aliphatic heterocycles. The highest BCUT2D eigenvalue weighted by Gasteiger charge is 2.26. The Morgan fingerprint density at radius 1 is 1.05 bits per heavy atom. The first-order valence-electron chi connectivity index (χ1n) is 15.2. The number of hydrogen-bond donors (Lipinski definition) is 1. The molecule has 10 heteroatoms. The number of pyridine rings is 1. The molecule has 6 rings (SSSR count). The Hall–Kier alpha value is -4.15. The maximum Gasteiger partial charge on any atom is 0.335 e. The molecule has 0 spiro atoms. The highest BCUT2D eigenvalue weighted by Crippen LogP contribution is 2.30. The van der Waals surface area contributed by atoms with Crippen LogP contribution in [0.25, 0.3) is 11.0 Å². The van der Waals surface area contributed by atoms with Gasteiger partial charge in [-0.15, -0.1) is 0 Å². The number of imidazole rings is 1. The minimum absolute atomic E-state index is 0.0255. The summed E-state index contributed by atoms with van der Waals surface area (Å²) in [5.41, 5.74) is 3.56. The highest BCUT2D eigenvalue weighted by atomic mass is 19.1. The number of nitrogens with zero attached hydrogens (tertiary/aromatic N) is 4. The zero-order chi connectivity index (χ0) is 30.8.